The van der Waals surface area contributed by atoms with E-state index in [0.717, 1.165) is 0 Å². The normalized spacial score (nSPS) is 9.20. The van der Waals surface area contributed by atoms with Gasteiger partial charge in [0.2, 0.25) is 0 Å². The molecule has 10 heavy (non-hydrogen) atoms. The predicted octanol–water partition coefficient (Wildman–Crippen LogP) is -0.00150. The van der Waals surface area contributed by atoms with Crippen LogP contribution in [0.1, 0.15) is 10.4 Å². The highest BCUT2D eigenvalue weighted by Crippen LogP contribution is 2.06. The lowest BCUT2D eigenvalue weighted by Crippen LogP contribution is -2.07. The van der Waals surface area contributed by atoms with Gasteiger partial charge in [-0.25, -0.2) is 0 Å². The van der Waals surface area contributed by atoms with Crippen LogP contribution in [0.25, 0.3) is 0 Å². The Hall–Kier alpha value is -1.25. The van der Waals surface area contributed by atoms with Crippen molar-refractivity contribution < 1.29 is 9.90 Å². The summed E-state index contributed by atoms with van der Waals surface area (Å²) in [6.07, 6.45) is 0.606. The molecule has 1 aromatic carbocycles. The third kappa shape index (κ3) is 1.18. The summed E-state index contributed by atoms with van der Waals surface area (Å²) in [6, 6.07) is 4.24. The van der Waals surface area contributed by atoms with Crippen LogP contribution in [-0.4, -0.2) is 19.2 Å². The highest BCUT2D eigenvalue weighted by atomic mass is 16.3. The van der Waals surface area contributed by atoms with Gasteiger partial charge in [0.25, 0.3) is 0 Å². The average Bonchev–Trinajstić information content (AvgIpc) is 1.94. The van der Waals surface area contributed by atoms with E-state index >= 15 is 0 Å². The molecule has 0 aliphatic rings. The zero-order valence-corrected chi connectivity index (χ0v) is 5.24. The van der Waals surface area contributed by atoms with Gasteiger partial charge in [-0.2, -0.15) is 0 Å². The second kappa shape index (κ2) is 2.56. The molecule has 0 unspecified atom stereocenters. The molecule has 48 valence electrons. The molecule has 0 heterocycles. The monoisotopic (exact) mass is 132 g/mol. The van der Waals surface area contributed by atoms with Crippen molar-refractivity contribution in [3.05, 3.63) is 23.8 Å². The van der Waals surface area contributed by atoms with Crippen molar-refractivity contribution in [2.45, 2.75) is 0 Å². The highest BCUT2D eigenvalue weighted by Gasteiger charge is 1.95. The minimum absolute atomic E-state index is 0.0521. The van der Waals surface area contributed by atoms with Gasteiger partial charge in [-0.15, -0.1) is 0 Å². The number of carbonyl (C=O) groups excluding carboxylic acids is 1. The molecule has 3 heteroatoms. The van der Waals surface area contributed by atoms with E-state index in [4.69, 9.17) is 13.0 Å². The standard InChI is InChI=1S/C7H5BO2/c8-7-2-1-6(10)3-5(7)4-9/h1-4,10H. The SMILES string of the molecule is [B]c1ccc(O)cc1C=O. The summed E-state index contributed by atoms with van der Waals surface area (Å²) in [7, 11) is 5.36. The Morgan fingerprint density at radius 2 is 2.20 bits per heavy atom. The fourth-order valence-corrected chi connectivity index (χ4v) is 0.664. The lowest BCUT2D eigenvalue weighted by molar-refractivity contribution is 0.112. The quantitative estimate of drug-likeness (QED) is 0.431. The lowest BCUT2D eigenvalue weighted by atomic mass is 9.91. The van der Waals surface area contributed by atoms with Gasteiger partial charge in [-0.05, 0) is 12.1 Å². The van der Waals surface area contributed by atoms with Crippen LogP contribution in [0.15, 0.2) is 18.2 Å². The molecular weight excluding hydrogens is 127 g/mol. The van der Waals surface area contributed by atoms with Gasteiger partial charge in [0.05, 0.1) is 0 Å². The van der Waals surface area contributed by atoms with Gasteiger partial charge in [0, 0.05) is 5.56 Å². The van der Waals surface area contributed by atoms with Crippen molar-refractivity contribution in [3.8, 4) is 5.75 Å². The summed E-state index contributed by atoms with van der Waals surface area (Å²) >= 11 is 0. The van der Waals surface area contributed by atoms with Gasteiger partial charge in [0.1, 0.15) is 19.9 Å². The summed E-state index contributed by atoms with van der Waals surface area (Å²) in [6.45, 7) is 0. The second-order valence-electron chi connectivity index (χ2n) is 1.93. The number of hydrogen-bond donors (Lipinski definition) is 1. The topological polar surface area (TPSA) is 37.3 Å². The Kier molecular flexibility index (Phi) is 1.76. The van der Waals surface area contributed by atoms with Crippen LogP contribution < -0.4 is 5.46 Å². The fraction of sp³-hybridized carbons (Fsp3) is 0. The number of rotatable bonds is 1. The van der Waals surface area contributed by atoms with Crippen LogP contribution in [-0.2, 0) is 0 Å². The second-order valence-corrected chi connectivity index (χ2v) is 1.93. The molecule has 2 radical (unpaired) electrons. The van der Waals surface area contributed by atoms with Crippen molar-refractivity contribution in [1.29, 1.82) is 0 Å². The number of aromatic hydroxyl groups is 1. The predicted molar refractivity (Wildman–Crippen MR) is 38.9 cm³/mol. The Morgan fingerprint density at radius 3 is 2.70 bits per heavy atom. The number of aldehydes is 1. The molecule has 2 nitrogen and oxygen atoms in total. The van der Waals surface area contributed by atoms with E-state index in [1.54, 1.807) is 0 Å². The van der Waals surface area contributed by atoms with Gasteiger partial charge in [0.15, 0.2) is 0 Å². The summed E-state index contributed by atoms with van der Waals surface area (Å²) in [5.41, 5.74) is 0.702. The molecule has 1 rings (SSSR count). The molecule has 0 bridgehead atoms. The molecule has 1 aromatic rings. The number of phenols is 1. The molecule has 0 aliphatic carbocycles. The first kappa shape index (κ1) is 6.87. The maximum atomic E-state index is 10.2. The lowest BCUT2D eigenvalue weighted by Gasteiger charge is -1.97. The number of hydrogen-bond acceptors (Lipinski definition) is 2. The fourth-order valence-electron chi connectivity index (χ4n) is 0.664. The third-order valence-corrected chi connectivity index (χ3v) is 1.20. The molecule has 0 fully saturated rings. The van der Waals surface area contributed by atoms with Crippen molar-refractivity contribution in [2.75, 3.05) is 0 Å². The van der Waals surface area contributed by atoms with E-state index < -0.39 is 0 Å². The number of phenolic OH excluding ortho intramolecular Hbond substituents is 1. The number of benzene rings is 1. The zero-order valence-electron chi connectivity index (χ0n) is 5.24. The number of carbonyl (C=O) groups is 1. The molecule has 0 amide bonds. The Balaban J connectivity index is 3.21. The van der Waals surface area contributed by atoms with Crippen molar-refractivity contribution in [3.63, 3.8) is 0 Å². The zero-order chi connectivity index (χ0) is 7.56. The maximum absolute atomic E-state index is 10.2. The summed E-state index contributed by atoms with van der Waals surface area (Å²) in [4.78, 5) is 10.2. The molecule has 0 saturated carbocycles. The van der Waals surface area contributed by atoms with E-state index in [-0.39, 0.29) is 5.75 Å². The van der Waals surface area contributed by atoms with Crippen LogP contribution in [0.4, 0.5) is 0 Å². The van der Waals surface area contributed by atoms with Crippen molar-refractivity contribution in [1.82, 2.24) is 0 Å². The average molecular weight is 132 g/mol. The van der Waals surface area contributed by atoms with Crippen LogP contribution in [0.5, 0.6) is 5.75 Å². The molecule has 0 saturated heterocycles. The minimum Gasteiger partial charge on any atom is -0.508 e. The summed E-state index contributed by atoms with van der Waals surface area (Å²) in [5.74, 6) is 0.0521. The summed E-state index contributed by atoms with van der Waals surface area (Å²) in [5, 5.41) is 8.85. The smallest absolute Gasteiger partial charge is 0.149 e. The molecule has 0 atom stereocenters. The van der Waals surface area contributed by atoms with Gasteiger partial charge in [-0.3, -0.25) is 4.79 Å². The van der Waals surface area contributed by atoms with E-state index in [0.29, 0.717) is 17.3 Å². The van der Waals surface area contributed by atoms with Crippen LogP contribution in [0.2, 0.25) is 0 Å². The Labute approximate surface area is 59.9 Å². The van der Waals surface area contributed by atoms with Crippen LogP contribution in [0.3, 0.4) is 0 Å². The van der Waals surface area contributed by atoms with E-state index in [1.807, 2.05) is 0 Å². The van der Waals surface area contributed by atoms with Crippen molar-refractivity contribution in [2.24, 2.45) is 0 Å². The molecule has 0 aromatic heterocycles. The van der Waals surface area contributed by atoms with Crippen LogP contribution >= 0.6 is 0 Å². The van der Waals surface area contributed by atoms with Crippen molar-refractivity contribution >= 4 is 19.6 Å². The first-order valence-electron chi connectivity index (χ1n) is 2.77. The molecule has 1 N–H and O–H groups in total. The largest absolute Gasteiger partial charge is 0.508 e. The third-order valence-electron chi connectivity index (χ3n) is 1.20. The van der Waals surface area contributed by atoms with E-state index in [9.17, 15) is 4.79 Å². The Morgan fingerprint density at radius 1 is 1.50 bits per heavy atom. The van der Waals surface area contributed by atoms with E-state index in [1.165, 1.54) is 18.2 Å². The van der Waals surface area contributed by atoms with Gasteiger partial charge in [-0.1, -0.05) is 11.5 Å². The van der Waals surface area contributed by atoms with Gasteiger partial charge >= 0.3 is 0 Å². The molecule has 0 aliphatic heterocycles. The summed E-state index contributed by atoms with van der Waals surface area (Å²) < 4.78 is 0. The highest BCUT2D eigenvalue weighted by molar-refractivity contribution is 6.35. The van der Waals surface area contributed by atoms with Gasteiger partial charge < -0.3 is 5.11 Å². The molecule has 0 spiro atoms. The first-order valence-corrected chi connectivity index (χ1v) is 2.77. The minimum atomic E-state index is 0.0521. The Bertz CT molecular complexity index is 258. The first-order chi connectivity index (χ1) is 4.74. The maximum Gasteiger partial charge on any atom is 0.149 e. The molecular formula is C7H5BO2. The van der Waals surface area contributed by atoms with Crippen LogP contribution in [0, 0.1) is 0 Å². The van der Waals surface area contributed by atoms with E-state index in [2.05, 4.69) is 0 Å².